The van der Waals surface area contributed by atoms with Crippen molar-refractivity contribution in [2.45, 2.75) is 12.5 Å². The number of halogens is 1. The molecule has 8 heteroatoms. The zero-order valence-electron chi connectivity index (χ0n) is 18.2. The molecule has 2 saturated heterocycles. The van der Waals surface area contributed by atoms with E-state index in [1.54, 1.807) is 0 Å². The van der Waals surface area contributed by atoms with E-state index in [2.05, 4.69) is 73.3 Å². The highest BCUT2D eigenvalue weighted by Gasteiger charge is 2.25. The van der Waals surface area contributed by atoms with Gasteiger partial charge in [-0.1, -0.05) is 24.3 Å². The maximum absolute atomic E-state index is 5.55. The first-order chi connectivity index (χ1) is 14.8. The van der Waals surface area contributed by atoms with Crippen molar-refractivity contribution < 1.29 is 4.74 Å². The number of nitrogens with zero attached hydrogens (tertiary/aromatic N) is 3. The van der Waals surface area contributed by atoms with E-state index in [-0.39, 0.29) is 24.0 Å². The Labute approximate surface area is 207 Å². The first kappa shape index (κ1) is 24.3. The van der Waals surface area contributed by atoms with E-state index in [0.717, 1.165) is 58.4 Å². The maximum Gasteiger partial charge on any atom is 0.191 e. The number of nitrogens with one attached hydrogen (secondary N) is 2. The minimum Gasteiger partial charge on any atom is -0.379 e. The number of para-hydroxylation sites is 1. The Kier molecular flexibility index (Phi) is 9.89. The monoisotopic (exact) mass is 555 g/mol. The first-order valence-electron chi connectivity index (χ1n) is 10.9. The summed E-state index contributed by atoms with van der Waals surface area (Å²) in [5, 5.41) is 9.29. The lowest BCUT2D eigenvalue weighted by Crippen LogP contribution is -2.46. The Morgan fingerprint density at radius 3 is 2.65 bits per heavy atom. The lowest BCUT2D eigenvalue weighted by molar-refractivity contribution is 0.0177. The minimum absolute atomic E-state index is 0. The van der Waals surface area contributed by atoms with Crippen molar-refractivity contribution in [3.8, 4) is 0 Å². The fourth-order valence-corrected chi connectivity index (χ4v) is 5.17. The van der Waals surface area contributed by atoms with Crippen LogP contribution in [-0.2, 0) is 4.74 Å². The largest absolute Gasteiger partial charge is 0.379 e. The van der Waals surface area contributed by atoms with Gasteiger partial charge in [-0.3, -0.25) is 9.89 Å². The fraction of sp³-hybridized carbons (Fsp3) is 0.522. The molecule has 3 heterocycles. The van der Waals surface area contributed by atoms with Gasteiger partial charge in [-0.25, -0.2) is 0 Å². The molecule has 0 radical (unpaired) electrons. The van der Waals surface area contributed by atoms with Gasteiger partial charge < -0.3 is 20.3 Å². The van der Waals surface area contributed by atoms with E-state index in [1.807, 2.05) is 18.4 Å². The number of anilines is 1. The van der Waals surface area contributed by atoms with Gasteiger partial charge >= 0.3 is 0 Å². The highest BCUT2D eigenvalue weighted by atomic mass is 127. The Balaban J connectivity index is 0.00000272. The molecular weight excluding hydrogens is 521 g/mol. The van der Waals surface area contributed by atoms with Crippen LogP contribution in [-0.4, -0.2) is 70.4 Å². The molecule has 0 bridgehead atoms. The van der Waals surface area contributed by atoms with E-state index in [9.17, 15) is 0 Å². The summed E-state index contributed by atoms with van der Waals surface area (Å²) in [7, 11) is 1.86. The van der Waals surface area contributed by atoms with Gasteiger partial charge in [0, 0.05) is 56.9 Å². The average molecular weight is 556 g/mol. The zero-order chi connectivity index (χ0) is 20.6. The van der Waals surface area contributed by atoms with Gasteiger partial charge in [0.25, 0.3) is 0 Å². The van der Waals surface area contributed by atoms with Crippen LogP contribution in [0.5, 0.6) is 0 Å². The highest BCUT2D eigenvalue weighted by Crippen LogP contribution is 2.25. The third-order valence-electron chi connectivity index (χ3n) is 6.01. The van der Waals surface area contributed by atoms with Gasteiger partial charge in [-0.05, 0) is 35.9 Å². The van der Waals surface area contributed by atoms with Crippen LogP contribution < -0.4 is 15.5 Å². The van der Waals surface area contributed by atoms with Crippen molar-refractivity contribution in [1.82, 2.24) is 15.5 Å². The van der Waals surface area contributed by atoms with Gasteiger partial charge in [0.15, 0.2) is 5.96 Å². The lowest BCUT2D eigenvalue weighted by Gasteiger charge is -2.34. The standard InChI is InChI=1S/C23H33N5OS.HI/c1-24-23(25-16-19-9-10-28(18-19)20-6-3-2-4-7-20)26-17-21(22-8-5-15-30-22)27-11-13-29-14-12-27;/h2-8,15,19,21H,9-14,16-18H2,1H3,(H2,24,25,26);1H. The highest BCUT2D eigenvalue weighted by molar-refractivity contribution is 14.0. The number of guanidine groups is 1. The van der Waals surface area contributed by atoms with Crippen molar-refractivity contribution in [2.24, 2.45) is 10.9 Å². The van der Waals surface area contributed by atoms with Crippen molar-refractivity contribution >= 4 is 47.0 Å². The summed E-state index contributed by atoms with van der Waals surface area (Å²) in [6.07, 6.45) is 1.21. The summed E-state index contributed by atoms with van der Waals surface area (Å²) in [5.41, 5.74) is 1.33. The normalized spacial score (nSPS) is 20.9. The van der Waals surface area contributed by atoms with Gasteiger partial charge in [-0.2, -0.15) is 0 Å². The van der Waals surface area contributed by atoms with Crippen LogP contribution in [0, 0.1) is 5.92 Å². The molecule has 0 aliphatic carbocycles. The summed E-state index contributed by atoms with van der Waals surface area (Å²) in [5.74, 6) is 1.53. The Morgan fingerprint density at radius 2 is 1.94 bits per heavy atom. The smallest absolute Gasteiger partial charge is 0.191 e. The van der Waals surface area contributed by atoms with Crippen LogP contribution in [0.4, 0.5) is 5.69 Å². The average Bonchev–Trinajstić information content (AvgIpc) is 3.50. The van der Waals surface area contributed by atoms with Crippen molar-refractivity contribution in [1.29, 1.82) is 0 Å². The SMILES string of the molecule is CN=C(NCC1CCN(c2ccccc2)C1)NCC(c1cccs1)N1CCOCC1.I. The number of hydrogen-bond donors (Lipinski definition) is 2. The number of hydrogen-bond acceptors (Lipinski definition) is 5. The second kappa shape index (κ2) is 12.6. The Bertz CT molecular complexity index is 783. The zero-order valence-corrected chi connectivity index (χ0v) is 21.4. The molecule has 4 rings (SSSR count). The molecule has 2 aromatic rings. The summed E-state index contributed by atoms with van der Waals surface area (Å²) in [4.78, 5) is 10.9. The third kappa shape index (κ3) is 6.81. The molecule has 0 amide bonds. The van der Waals surface area contributed by atoms with E-state index in [1.165, 1.54) is 17.0 Å². The molecular formula is C23H34IN5OS. The van der Waals surface area contributed by atoms with Gasteiger partial charge in [-0.15, -0.1) is 35.3 Å². The molecule has 1 aromatic carbocycles. The number of rotatable bonds is 7. The second-order valence-electron chi connectivity index (χ2n) is 7.95. The Morgan fingerprint density at radius 1 is 1.13 bits per heavy atom. The van der Waals surface area contributed by atoms with Crippen LogP contribution in [0.2, 0.25) is 0 Å². The molecule has 0 saturated carbocycles. The van der Waals surface area contributed by atoms with Crippen LogP contribution >= 0.6 is 35.3 Å². The summed E-state index contributed by atoms with van der Waals surface area (Å²) in [6.45, 7) is 7.61. The van der Waals surface area contributed by atoms with Crippen LogP contribution in [0.15, 0.2) is 52.8 Å². The summed E-state index contributed by atoms with van der Waals surface area (Å²) >= 11 is 1.83. The number of morpholine rings is 1. The van der Waals surface area contributed by atoms with Crippen molar-refractivity contribution in [3.63, 3.8) is 0 Å². The molecule has 2 aliphatic rings. The van der Waals surface area contributed by atoms with Gasteiger partial charge in [0.05, 0.1) is 19.3 Å². The quantitative estimate of drug-likeness (QED) is 0.312. The van der Waals surface area contributed by atoms with Gasteiger partial charge in [0.2, 0.25) is 0 Å². The lowest BCUT2D eigenvalue weighted by atomic mass is 10.1. The number of ether oxygens (including phenoxy) is 1. The predicted octanol–water partition coefficient (Wildman–Crippen LogP) is 3.43. The fourth-order valence-electron chi connectivity index (χ4n) is 4.31. The molecule has 6 nitrogen and oxygen atoms in total. The molecule has 0 spiro atoms. The topological polar surface area (TPSA) is 52.1 Å². The van der Waals surface area contributed by atoms with E-state index < -0.39 is 0 Å². The maximum atomic E-state index is 5.55. The number of thiophene rings is 1. The molecule has 170 valence electrons. The molecule has 2 fully saturated rings. The molecule has 2 atom stereocenters. The van der Waals surface area contributed by atoms with Crippen molar-refractivity contribution in [2.75, 3.05) is 64.4 Å². The molecule has 2 unspecified atom stereocenters. The third-order valence-corrected chi connectivity index (χ3v) is 6.98. The molecule has 31 heavy (non-hydrogen) atoms. The van der Waals surface area contributed by atoms with E-state index in [0.29, 0.717) is 12.0 Å². The van der Waals surface area contributed by atoms with Crippen LogP contribution in [0.25, 0.3) is 0 Å². The van der Waals surface area contributed by atoms with Crippen LogP contribution in [0.1, 0.15) is 17.3 Å². The predicted molar refractivity (Wildman–Crippen MR) is 141 cm³/mol. The first-order valence-corrected chi connectivity index (χ1v) is 11.8. The number of benzene rings is 1. The van der Waals surface area contributed by atoms with Crippen LogP contribution in [0.3, 0.4) is 0 Å². The minimum atomic E-state index is 0. The second-order valence-corrected chi connectivity index (χ2v) is 8.93. The number of aliphatic imine (C=N–C) groups is 1. The Hall–Kier alpha value is -1.36. The van der Waals surface area contributed by atoms with E-state index in [4.69, 9.17) is 4.74 Å². The van der Waals surface area contributed by atoms with Gasteiger partial charge in [0.1, 0.15) is 0 Å². The molecule has 2 N–H and O–H groups in total. The summed E-state index contributed by atoms with van der Waals surface area (Å²) in [6, 6.07) is 15.4. The van der Waals surface area contributed by atoms with E-state index >= 15 is 0 Å². The van der Waals surface area contributed by atoms with Crippen molar-refractivity contribution in [3.05, 3.63) is 52.7 Å². The molecule has 2 aliphatic heterocycles. The summed E-state index contributed by atoms with van der Waals surface area (Å²) < 4.78 is 5.55. The molecule has 1 aromatic heterocycles.